The molecule has 3 aromatic carbocycles. The van der Waals surface area contributed by atoms with Crippen LogP contribution in [0.4, 0.5) is 15.8 Å². The third kappa shape index (κ3) is 5.62. The van der Waals surface area contributed by atoms with E-state index >= 15 is 0 Å². The van der Waals surface area contributed by atoms with E-state index in [4.69, 9.17) is 16.3 Å². The highest BCUT2D eigenvalue weighted by atomic mass is 35.5. The van der Waals surface area contributed by atoms with Gasteiger partial charge in [0.25, 0.3) is 11.8 Å². The number of benzene rings is 3. The van der Waals surface area contributed by atoms with Gasteiger partial charge in [0.2, 0.25) is 0 Å². The minimum atomic E-state index is -0.529. The summed E-state index contributed by atoms with van der Waals surface area (Å²) in [4.78, 5) is 29.3. The summed E-state index contributed by atoms with van der Waals surface area (Å²) in [5.41, 5.74) is 1.53. The van der Waals surface area contributed by atoms with Gasteiger partial charge in [-0.1, -0.05) is 35.9 Å². The van der Waals surface area contributed by atoms with E-state index in [9.17, 15) is 14.0 Å². The van der Waals surface area contributed by atoms with Crippen LogP contribution in [-0.2, 0) is 4.79 Å². The Bertz CT molecular complexity index is 1130. The average Bonchev–Trinajstić information content (AvgIpc) is 2.84. The highest BCUT2D eigenvalue weighted by Gasteiger charge is 2.24. The fourth-order valence-corrected chi connectivity index (χ4v) is 3.78. The van der Waals surface area contributed by atoms with Crippen molar-refractivity contribution in [1.29, 1.82) is 0 Å². The van der Waals surface area contributed by atoms with Gasteiger partial charge in [-0.2, -0.15) is 0 Å². The molecule has 0 radical (unpaired) electrons. The summed E-state index contributed by atoms with van der Waals surface area (Å²) in [6.07, 6.45) is 0. The van der Waals surface area contributed by atoms with Gasteiger partial charge in [0, 0.05) is 36.9 Å². The van der Waals surface area contributed by atoms with Gasteiger partial charge in [0.15, 0.2) is 6.61 Å². The fourth-order valence-electron chi connectivity index (χ4n) is 3.65. The average molecular weight is 468 g/mol. The minimum absolute atomic E-state index is 0.0778. The molecule has 0 bridgehead atoms. The molecule has 0 aromatic heterocycles. The standard InChI is InChI=1S/C25H23ClFN3O3/c26-18-9-11-19(12-10-18)29-13-15-30(16-14-29)25(32)20-5-1-4-8-23(20)33-17-24(31)28-22-7-3-2-6-21(22)27/h1-12H,13-17H2,(H,28,31). The van der Waals surface area contributed by atoms with E-state index in [1.807, 2.05) is 24.3 Å². The number of hydrogen-bond acceptors (Lipinski definition) is 4. The van der Waals surface area contributed by atoms with Crippen molar-refractivity contribution < 1.29 is 18.7 Å². The minimum Gasteiger partial charge on any atom is -0.483 e. The van der Waals surface area contributed by atoms with Crippen LogP contribution in [-0.4, -0.2) is 49.5 Å². The van der Waals surface area contributed by atoms with Gasteiger partial charge in [-0.15, -0.1) is 0 Å². The van der Waals surface area contributed by atoms with Crippen LogP contribution in [0.2, 0.25) is 5.02 Å². The van der Waals surface area contributed by atoms with Crippen molar-refractivity contribution in [3.63, 3.8) is 0 Å². The van der Waals surface area contributed by atoms with Crippen molar-refractivity contribution in [1.82, 2.24) is 4.90 Å². The largest absolute Gasteiger partial charge is 0.483 e. The predicted molar refractivity (Wildman–Crippen MR) is 127 cm³/mol. The van der Waals surface area contributed by atoms with E-state index in [0.29, 0.717) is 42.5 Å². The summed E-state index contributed by atoms with van der Waals surface area (Å²) < 4.78 is 19.3. The Morgan fingerprint density at radius 2 is 1.58 bits per heavy atom. The monoisotopic (exact) mass is 467 g/mol. The van der Waals surface area contributed by atoms with Crippen LogP contribution in [0.3, 0.4) is 0 Å². The molecule has 0 saturated carbocycles. The Kier molecular flexibility index (Phi) is 7.10. The van der Waals surface area contributed by atoms with Crippen molar-refractivity contribution >= 4 is 34.8 Å². The lowest BCUT2D eigenvalue weighted by atomic mass is 10.1. The molecule has 0 unspecified atom stereocenters. The number of anilines is 2. The molecule has 1 fully saturated rings. The summed E-state index contributed by atoms with van der Waals surface area (Å²) in [5.74, 6) is -0.889. The van der Waals surface area contributed by atoms with Crippen LogP contribution in [0.5, 0.6) is 5.75 Å². The molecule has 2 amide bonds. The zero-order valence-electron chi connectivity index (χ0n) is 17.8. The summed E-state index contributed by atoms with van der Waals surface area (Å²) in [6.45, 7) is 2.17. The highest BCUT2D eigenvalue weighted by Crippen LogP contribution is 2.23. The van der Waals surface area contributed by atoms with E-state index < -0.39 is 11.7 Å². The zero-order chi connectivity index (χ0) is 23.2. The first-order valence-electron chi connectivity index (χ1n) is 10.6. The maximum absolute atomic E-state index is 13.7. The number of halogens is 2. The highest BCUT2D eigenvalue weighted by molar-refractivity contribution is 6.30. The quantitative estimate of drug-likeness (QED) is 0.581. The number of amides is 2. The van der Waals surface area contributed by atoms with Crippen LogP contribution in [0.1, 0.15) is 10.4 Å². The Morgan fingerprint density at radius 3 is 2.30 bits per heavy atom. The number of carbonyl (C=O) groups is 2. The molecule has 0 atom stereocenters. The van der Waals surface area contributed by atoms with Crippen LogP contribution in [0.25, 0.3) is 0 Å². The van der Waals surface area contributed by atoms with Crippen molar-refractivity contribution in [2.24, 2.45) is 0 Å². The van der Waals surface area contributed by atoms with Crippen LogP contribution in [0, 0.1) is 5.82 Å². The van der Waals surface area contributed by atoms with Gasteiger partial charge in [-0.25, -0.2) is 4.39 Å². The van der Waals surface area contributed by atoms with Crippen LogP contribution >= 0.6 is 11.6 Å². The third-order valence-electron chi connectivity index (χ3n) is 5.38. The van der Waals surface area contributed by atoms with Gasteiger partial charge in [0.05, 0.1) is 11.3 Å². The van der Waals surface area contributed by atoms with Gasteiger partial charge >= 0.3 is 0 Å². The number of carbonyl (C=O) groups excluding carboxylic acids is 2. The first-order valence-corrected chi connectivity index (χ1v) is 10.9. The van der Waals surface area contributed by atoms with Crippen LogP contribution in [0.15, 0.2) is 72.8 Å². The molecule has 8 heteroatoms. The molecular formula is C25H23ClFN3O3. The molecular weight excluding hydrogens is 445 g/mol. The Balaban J connectivity index is 1.36. The van der Waals surface area contributed by atoms with Gasteiger partial charge in [-0.3, -0.25) is 9.59 Å². The molecule has 1 N–H and O–H groups in total. The maximum atomic E-state index is 13.7. The number of nitrogens with zero attached hydrogens (tertiary/aromatic N) is 2. The molecule has 1 aliphatic rings. The molecule has 0 aliphatic carbocycles. The van der Waals surface area contributed by atoms with E-state index in [-0.39, 0.29) is 18.2 Å². The predicted octanol–water partition coefficient (Wildman–Crippen LogP) is 4.46. The van der Waals surface area contributed by atoms with Crippen molar-refractivity contribution in [2.75, 3.05) is 43.0 Å². The van der Waals surface area contributed by atoms with Gasteiger partial charge in [0.1, 0.15) is 11.6 Å². The Labute approximate surface area is 196 Å². The summed E-state index contributed by atoms with van der Waals surface area (Å²) in [5, 5.41) is 3.16. The lowest BCUT2D eigenvalue weighted by Crippen LogP contribution is -2.48. The summed E-state index contributed by atoms with van der Waals surface area (Å²) >= 11 is 5.97. The van der Waals surface area contributed by atoms with E-state index in [2.05, 4.69) is 10.2 Å². The lowest BCUT2D eigenvalue weighted by molar-refractivity contribution is -0.118. The number of piperazine rings is 1. The second-order valence-corrected chi connectivity index (χ2v) is 8.00. The SMILES string of the molecule is O=C(COc1ccccc1C(=O)N1CCN(c2ccc(Cl)cc2)CC1)Nc1ccccc1F. The summed E-state index contributed by atoms with van der Waals surface area (Å²) in [6, 6.07) is 20.3. The number of hydrogen-bond donors (Lipinski definition) is 1. The molecule has 1 aliphatic heterocycles. The second-order valence-electron chi connectivity index (χ2n) is 7.57. The van der Waals surface area contributed by atoms with Crippen LogP contribution < -0.4 is 15.0 Å². The number of para-hydroxylation sites is 2. The Morgan fingerprint density at radius 1 is 0.909 bits per heavy atom. The fraction of sp³-hybridized carbons (Fsp3) is 0.200. The molecule has 4 rings (SSSR count). The van der Waals surface area contributed by atoms with Gasteiger partial charge < -0.3 is 19.9 Å². The molecule has 33 heavy (non-hydrogen) atoms. The Hall–Kier alpha value is -3.58. The maximum Gasteiger partial charge on any atom is 0.262 e. The number of nitrogens with one attached hydrogen (secondary N) is 1. The number of rotatable bonds is 6. The topological polar surface area (TPSA) is 61.9 Å². The lowest BCUT2D eigenvalue weighted by Gasteiger charge is -2.36. The first-order chi connectivity index (χ1) is 16.0. The molecule has 3 aromatic rings. The smallest absolute Gasteiger partial charge is 0.262 e. The van der Waals surface area contributed by atoms with Crippen molar-refractivity contribution in [2.45, 2.75) is 0 Å². The van der Waals surface area contributed by atoms with E-state index in [0.717, 1.165) is 5.69 Å². The molecule has 170 valence electrons. The first kappa shape index (κ1) is 22.6. The van der Waals surface area contributed by atoms with Crippen molar-refractivity contribution in [3.05, 3.63) is 89.2 Å². The normalized spacial score (nSPS) is 13.5. The van der Waals surface area contributed by atoms with E-state index in [1.165, 1.54) is 12.1 Å². The third-order valence-corrected chi connectivity index (χ3v) is 5.63. The second kappa shape index (κ2) is 10.4. The zero-order valence-corrected chi connectivity index (χ0v) is 18.6. The molecule has 1 heterocycles. The molecule has 1 saturated heterocycles. The molecule has 0 spiro atoms. The summed E-state index contributed by atoms with van der Waals surface area (Å²) in [7, 11) is 0. The number of ether oxygens (including phenoxy) is 1. The van der Waals surface area contributed by atoms with Gasteiger partial charge in [-0.05, 0) is 48.5 Å². The van der Waals surface area contributed by atoms with E-state index in [1.54, 1.807) is 41.3 Å². The molecule has 6 nitrogen and oxygen atoms in total. The van der Waals surface area contributed by atoms with Crippen molar-refractivity contribution in [3.8, 4) is 5.75 Å².